The standard InChI is InChI=1S/C11H15BrO2/c1-2-9(7-13)8-14-11-5-3-4-10(12)6-11/h3-6,9,13H,2,7-8H2,1H3. The number of ether oxygens (including phenoxy) is 1. The molecule has 3 heteroatoms. The molecule has 1 aromatic carbocycles. The van der Waals surface area contributed by atoms with Crippen LogP contribution in [0.4, 0.5) is 0 Å². The van der Waals surface area contributed by atoms with Crippen molar-refractivity contribution < 1.29 is 9.84 Å². The van der Waals surface area contributed by atoms with E-state index in [1.54, 1.807) is 0 Å². The van der Waals surface area contributed by atoms with Gasteiger partial charge in [0.2, 0.25) is 0 Å². The molecule has 0 amide bonds. The molecule has 0 aliphatic heterocycles. The highest BCUT2D eigenvalue weighted by molar-refractivity contribution is 9.10. The quantitative estimate of drug-likeness (QED) is 0.881. The first-order valence-corrected chi connectivity index (χ1v) is 5.54. The minimum Gasteiger partial charge on any atom is -0.493 e. The molecule has 0 bridgehead atoms. The third-order valence-electron chi connectivity index (χ3n) is 2.12. The van der Waals surface area contributed by atoms with Crippen LogP contribution in [0.5, 0.6) is 5.75 Å². The Kier molecular flexibility index (Phi) is 4.98. The van der Waals surface area contributed by atoms with E-state index in [2.05, 4.69) is 15.9 Å². The number of aliphatic hydroxyl groups excluding tert-OH is 1. The first kappa shape index (κ1) is 11.5. The fraction of sp³-hybridized carbons (Fsp3) is 0.455. The number of aliphatic hydroxyl groups is 1. The molecule has 1 aromatic rings. The van der Waals surface area contributed by atoms with E-state index in [1.165, 1.54) is 0 Å². The van der Waals surface area contributed by atoms with E-state index in [0.29, 0.717) is 6.61 Å². The van der Waals surface area contributed by atoms with Crippen LogP contribution in [-0.2, 0) is 0 Å². The Hall–Kier alpha value is -0.540. The number of hydrogen-bond acceptors (Lipinski definition) is 2. The van der Waals surface area contributed by atoms with Gasteiger partial charge in [0.25, 0.3) is 0 Å². The van der Waals surface area contributed by atoms with Gasteiger partial charge in [0.15, 0.2) is 0 Å². The molecule has 0 heterocycles. The average molecular weight is 259 g/mol. The summed E-state index contributed by atoms with van der Waals surface area (Å²) < 4.78 is 6.55. The molecule has 0 radical (unpaired) electrons. The Morgan fingerprint density at radius 1 is 1.50 bits per heavy atom. The average Bonchev–Trinajstić information content (AvgIpc) is 2.19. The summed E-state index contributed by atoms with van der Waals surface area (Å²) in [5.74, 6) is 1.07. The molecule has 1 atom stereocenters. The number of hydrogen-bond donors (Lipinski definition) is 1. The van der Waals surface area contributed by atoms with E-state index >= 15 is 0 Å². The molecule has 0 aromatic heterocycles. The predicted molar refractivity (Wildman–Crippen MR) is 60.5 cm³/mol. The fourth-order valence-electron chi connectivity index (χ4n) is 1.07. The topological polar surface area (TPSA) is 29.5 Å². The van der Waals surface area contributed by atoms with Crippen LogP contribution in [0.3, 0.4) is 0 Å². The number of halogens is 1. The van der Waals surface area contributed by atoms with Crippen molar-refractivity contribution in [2.75, 3.05) is 13.2 Å². The van der Waals surface area contributed by atoms with E-state index in [-0.39, 0.29) is 12.5 Å². The van der Waals surface area contributed by atoms with E-state index in [1.807, 2.05) is 31.2 Å². The summed E-state index contributed by atoms with van der Waals surface area (Å²) in [6.45, 7) is 2.80. The Morgan fingerprint density at radius 2 is 2.29 bits per heavy atom. The molecule has 0 aliphatic carbocycles. The smallest absolute Gasteiger partial charge is 0.120 e. The van der Waals surface area contributed by atoms with Crippen LogP contribution in [0.2, 0.25) is 0 Å². The molecule has 78 valence electrons. The lowest BCUT2D eigenvalue weighted by atomic mass is 10.1. The lowest BCUT2D eigenvalue weighted by Gasteiger charge is -2.13. The van der Waals surface area contributed by atoms with Crippen molar-refractivity contribution in [1.29, 1.82) is 0 Å². The van der Waals surface area contributed by atoms with Crippen molar-refractivity contribution >= 4 is 15.9 Å². The number of rotatable bonds is 5. The Morgan fingerprint density at radius 3 is 2.86 bits per heavy atom. The second kappa shape index (κ2) is 6.04. The van der Waals surface area contributed by atoms with Crippen LogP contribution in [0.1, 0.15) is 13.3 Å². The maximum atomic E-state index is 8.97. The lowest BCUT2D eigenvalue weighted by Crippen LogP contribution is -2.14. The van der Waals surface area contributed by atoms with Gasteiger partial charge in [-0.2, -0.15) is 0 Å². The Labute approximate surface area is 93.0 Å². The third kappa shape index (κ3) is 3.68. The minimum absolute atomic E-state index is 0.185. The minimum atomic E-state index is 0.185. The van der Waals surface area contributed by atoms with Crippen molar-refractivity contribution in [2.45, 2.75) is 13.3 Å². The summed E-state index contributed by atoms with van der Waals surface area (Å²) in [7, 11) is 0. The molecule has 0 spiro atoms. The lowest BCUT2D eigenvalue weighted by molar-refractivity contribution is 0.159. The van der Waals surface area contributed by atoms with Crippen LogP contribution in [-0.4, -0.2) is 18.3 Å². The molecule has 2 nitrogen and oxygen atoms in total. The van der Waals surface area contributed by atoms with Crippen LogP contribution in [0.25, 0.3) is 0 Å². The van der Waals surface area contributed by atoms with Gasteiger partial charge in [-0.25, -0.2) is 0 Å². The van der Waals surface area contributed by atoms with E-state index in [4.69, 9.17) is 9.84 Å². The normalized spacial score (nSPS) is 12.5. The molecule has 0 aliphatic rings. The fourth-order valence-corrected chi connectivity index (χ4v) is 1.45. The second-order valence-corrected chi connectivity index (χ2v) is 4.14. The van der Waals surface area contributed by atoms with Crippen LogP contribution >= 0.6 is 15.9 Å². The molecule has 0 saturated heterocycles. The van der Waals surface area contributed by atoms with Crippen molar-refractivity contribution in [3.8, 4) is 5.75 Å². The zero-order chi connectivity index (χ0) is 10.4. The molecular weight excluding hydrogens is 244 g/mol. The summed E-state index contributed by atoms with van der Waals surface area (Å²) in [5, 5.41) is 8.97. The van der Waals surface area contributed by atoms with Crippen LogP contribution in [0, 0.1) is 5.92 Å². The van der Waals surface area contributed by atoms with Crippen LogP contribution < -0.4 is 4.74 Å². The Balaban J connectivity index is 2.44. The highest BCUT2D eigenvalue weighted by Gasteiger charge is 2.05. The van der Waals surface area contributed by atoms with Gasteiger partial charge in [-0.1, -0.05) is 28.9 Å². The monoisotopic (exact) mass is 258 g/mol. The SMILES string of the molecule is CCC(CO)COc1cccc(Br)c1. The Bertz CT molecular complexity index is 272. The van der Waals surface area contributed by atoms with Crippen molar-refractivity contribution in [3.05, 3.63) is 28.7 Å². The van der Waals surface area contributed by atoms with Gasteiger partial charge in [0.1, 0.15) is 5.75 Å². The maximum Gasteiger partial charge on any atom is 0.120 e. The van der Waals surface area contributed by atoms with Gasteiger partial charge >= 0.3 is 0 Å². The summed E-state index contributed by atoms with van der Waals surface area (Å²) in [6.07, 6.45) is 0.935. The molecular formula is C11H15BrO2. The van der Waals surface area contributed by atoms with Gasteiger partial charge in [0, 0.05) is 17.0 Å². The molecule has 14 heavy (non-hydrogen) atoms. The largest absolute Gasteiger partial charge is 0.493 e. The summed E-state index contributed by atoms with van der Waals surface area (Å²) in [5.41, 5.74) is 0. The van der Waals surface area contributed by atoms with Crippen molar-refractivity contribution in [2.24, 2.45) is 5.92 Å². The van der Waals surface area contributed by atoms with Gasteiger partial charge < -0.3 is 9.84 Å². The van der Waals surface area contributed by atoms with E-state index < -0.39 is 0 Å². The van der Waals surface area contributed by atoms with Gasteiger partial charge in [-0.15, -0.1) is 0 Å². The first-order valence-electron chi connectivity index (χ1n) is 4.75. The predicted octanol–water partition coefficient (Wildman–Crippen LogP) is 2.85. The van der Waals surface area contributed by atoms with Gasteiger partial charge in [-0.05, 0) is 24.6 Å². The molecule has 0 saturated carbocycles. The van der Waals surface area contributed by atoms with Gasteiger partial charge in [0.05, 0.1) is 6.61 Å². The molecule has 1 N–H and O–H groups in total. The molecule has 1 rings (SSSR count). The zero-order valence-electron chi connectivity index (χ0n) is 8.24. The second-order valence-electron chi connectivity index (χ2n) is 3.23. The third-order valence-corrected chi connectivity index (χ3v) is 2.61. The van der Waals surface area contributed by atoms with E-state index in [0.717, 1.165) is 16.6 Å². The van der Waals surface area contributed by atoms with Crippen molar-refractivity contribution in [1.82, 2.24) is 0 Å². The highest BCUT2D eigenvalue weighted by Crippen LogP contribution is 2.18. The first-order chi connectivity index (χ1) is 6.76. The molecule has 1 unspecified atom stereocenters. The number of benzene rings is 1. The maximum absolute atomic E-state index is 8.97. The molecule has 0 fully saturated rings. The zero-order valence-corrected chi connectivity index (χ0v) is 9.83. The van der Waals surface area contributed by atoms with Crippen LogP contribution in [0.15, 0.2) is 28.7 Å². The summed E-state index contributed by atoms with van der Waals surface area (Å²) in [4.78, 5) is 0. The summed E-state index contributed by atoms with van der Waals surface area (Å²) in [6, 6.07) is 7.72. The van der Waals surface area contributed by atoms with Gasteiger partial charge in [-0.3, -0.25) is 0 Å². The van der Waals surface area contributed by atoms with Crippen molar-refractivity contribution in [3.63, 3.8) is 0 Å². The summed E-state index contributed by atoms with van der Waals surface area (Å²) >= 11 is 3.37. The highest BCUT2D eigenvalue weighted by atomic mass is 79.9. The van der Waals surface area contributed by atoms with E-state index in [9.17, 15) is 0 Å².